The number of benzene rings is 1. The average Bonchev–Trinajstić information content (AvgIpc) is 2.41. The Balaban J connectivity index is 0.000000356. The lowest BCUT2D eigenvalue weighted by Gasteiger charge is -1.89. The summed E-state index contributed by atoms with van der Waals surface area (Å²) in [7, 11) is 0. The molecule has 96 valence electrons. The first-order valence-corrected chi connectivity index (χ1v) is 5.29. The second kappa shape index (κ2) is 10.3. The predicted molar refractivity (Wildman–Crippen MR) is 75.1 cm³/mol. The summed E-state index contributed by atoms with van der Waals surface area (Å²) < 4.78 is 4.14. The van der Waals surface area contributed by atoms with E-state index >= 15 is 0 Å². The lowest BCUT2D eigenvalue weighted by molar-refractivity contribution is -0.152. The van der Waals surface area contributed by atoms with Crippen molar-refractivity contribution in [3.8, 4) is 0 Å². The molecule has 0 unspecified atom stereocenters. The SMILES string of the molecule is C=C=CC(=O)OC(=O)C=C=C.C=Cc1ccccc1. The fraction of sp³-hybridized carbons (Fsp3) is 0. The highest BCUT2D eigenvalue weighted by atomic mass is 16.6. The molecule has 3 heteroatoms. The van der Waals surface area contributed by atoms with Gasteiger partial charge in [0.2, 0.25) is 0 Å². The van der Waals surface area contributed by atoms with Crippen molar-refractivity contribution >= 4 is 18.0 Å². The maximum atomic E-state index is 10.5. The lowest BCUT2D eigenvalue weighted by Crippen LogP contribution is -2.06. The van der Waals surface area contributed by atoms with Crippen LogP contribution in [0.3, 0.4) is 0 Å². The van der Waals surface area contributed by atoms with Crippen molar-refractivity contribution in [2.75, 3.05) is 0 Å². The zero-order valence-corrected chi connectivity index (χ0v) is 10.5. The molecule has 0 atom stereocenters. The number of carbonyl (C=O) groups excluding carboxylic acids is 2. The molecule has 0 spiro atoms. The Morgan fingerprint density at radius 3 is 1.79 bits per heavy atom. The lowest BCUT2D eigenvalue weighted by atomic mass is 10.2. The van der Waals surface area contributed by atoms with Crippen LogP contribution in [0.25, 0.3) is 6.08 Å². The van der Waals surface area contributed by atoms with E-state index in [-0.39, 0.29) is 0 Å². The van der Waals surface area contributed by atoms with Crippen LogP contribution in [0, 0.1) is 0 Å². The number of ether oxygens (including phenoxy) is 1. The van der Waals surface area contributed by atoms with Gasteiger partial charge in [0.1, 0.15) is 0 Å². The van der Waals surface area contributed by atoms with E-state index in [4.69, 9.17) is 0 Å². The maximum Gasteiger partial charge on any atom is 0.346 e. The van der Waals surface area contributed by atoms with Crippen molar-refractivity contribution in [1.29, 1.82) is 0 Å². The van der Waals surface area contributed by atoms with Gasteiger partial charge in [-0.25, -0.2) is 9.59 Å². The molecule has 1 rings (SSSR count). The third-order valence-electron chi connectivity index (χ3n) is 1.68. The van der Waals surface area contributed by atoms with Crippen LogP contribution in [0.1, 0.15) is 5.56 Å². The third kappa shape index (κ3) is 8.90. The second-order valence-electron chi connectivity index (χ2n) is 3.05. The summed E-state index contributed by atoms with van der Waals surface area (Å²) in [5.74, 6) is -1.62. The molecule has 0 amide bonds. The van der Waals surface area contributed by atoms with E-state index in [1.165, 1.54) is 5.56 Å². The molecule has 0 aliphatic rings. The highest BCUT2D eigenvalue weighted by Crippen LogP contribution is 1.97. The standard InChI is InChI=1S/C8H6O3.C8H8/c1-3-5-7(9)11-8(10)6-4-2;1-2-8-6-4-3-5-7-8/h5-6H,1-2H2;2-7H,1H2. The molecule has 1 aromatic carbocycles. The minimum Gasteiger partial charge on any atom is -0.386 e. The van der Waals surface area contributed by atoms with Gasteiger partial charge in [0, 0.05) is 0 Å². The fourth-order valence-corrected chi connectivity index (χ4v) is 0.914. The Morgan fingerprint density at radius 2 is 1.47 bits per heavy atom. The van der Waals surface area contributed by atoms with E-state index in [0.29, 0.717) is 0 Å². The van der Waals surface area contributed by atoms with Gasteiger partial charge in [-0.2, -0.15) is 0 Å². The van der Waals surface area contributed by atoms with Crippen molar-refractivity contribution in [2.24, 2.45) is 0 Å². The highest BCUT2D eigenvalue weighted by Gasteiger charge is 2.01. The Kier molecular flexibility index (Phi) is 8.75. The fourth-order valence-electron chi connectivity index (χ4n) is 0.914. The van der Waals surface area contributed by atoms with Crippen LogP contribution in [0.15, 0.2) is 73.7 Å². The summed E-state index contributed by atoms with van der Waals surface area (Å²) in [6.07, 6.45) is 3.66. The Bertz CT molecular complexity index is 500. The second-order valence-corrected chi connectivity index (χ2v) is 3.05. The van der Waals surface area contributed by atoms with E-state index in [9.17, 15) is 9.59 Å². The summed E-state index contributed by atoms with van der Waals surface area (Å²) in [6, 6.07) is 10.0. The first kappa shape index (κ1) is 16.1. The number of esters is 2. The number of hydrogen-bond donors (Lipinski definition) is 0. The topological polar surface area (TPSA) is 43.4 Å². The number of rotatable bonds is 3. The largest absolute Gasteiger partial charge is 0.386 e. The molecular formula is C16H14O3. The smallest absolute Gasteiger partial charge is 0.346 e. The molecule has 1 aromatic rings. The van der Waals surface area contributed by atoms with Gasteiger partial charge in [-0.15, -0.1) is 11.5 Å². The van der Waals surface area contributed by atoms with Gasteiger partial charge in [-0.1, -0.05) is 56.1 Å². The number of carbonyl (C=O) groups is 2. The Morgan fingerprint density at radius 1 is 1.00 bits per heavy atom. The van der Waals surface area contributed by atoms with Gasteiger partial charge in [-0.05, 0) is 5.56 Å². The van der Waals surface area contributed by atoms with Crippen molar-refractivity contribution in [2.45, 2.75) is 0 Å². The van der Waals surface area contributed by atoms with Crippen LogP contribution in [0.4, 0.5) is 0 Å². The molecule has 0 fully saturated rings. The van der Waals surface area contributed by atoms with E-state index in [1.807, 2.05) is 36.4 Å². The zero-order chi connectivity index (χ0) is 14.5. The van der Waals surface area contributed by atoms with E-state index in [0.717, 1.165) is 12.2 Å². The summed E-state index contributed by atoms with van der Waals surface area (Å²) in [4.78, 5) is 20.9. The van der Waals surface area contributed by atoms with Crippen LogP contribution in [0.5, 0.6) is 0 Å². The molecule has 0 saturated heterocycles. The summed E-state index contributed by atoms with van der Waals surface area (Å²) in [5.41, 5.74) is 5.50. The number of hydrogen-bond acceptors (Lipinski definition) is 3. The van der Waals surface area contributed by atoms with Crippen molar-refractivity contribution in [1.82, 2.24) is 0 Å². The first-order chi connectivity index (χ1) is 9.13. The van der Waals surface area contributed by atoms with Crippen LogP contribution in [-0.2, 0) is 14.3 Å². The third-order valence-corrected chi connectivity index (χ3v) is 1.68. The maximum absolute atomic E-state index is 10.5. The van der Waals surface area contributed by atoms with E-state index in [1.54, 1.807) is 0 Å². The van der Waals surface area contributed by atoms with E-state index < -0.39 is 11.9 Å². The molecule has 0 N–H and O–H groups in total. The molecule has 0 heterocycles. The van der Waals surface area contributed by atoms with Gasteiger partial charge in [0.05, 0.1) is 12.2 Å². The monoisotopic (exact) mass is 254 g/mol. The van der Waals surface area contributed by atoms with Crippen molar-refractivity contribution in [3.63, 3.8) is 0 Å². The molecule has 0 aliphatic heterocycles. The molecule has 0 aliphatic carbocycles. The summed E-state index contributed by atoms with van der Waals surface area (Å²) in [6.45, 7) is 9.88. The van der Waals surface area contributed by atoms with Gasteiger partial charge < -0.3 is 4.74 Å². The van der Waals surface area contributed by atoms with Crippen LogP contribution < -0.4 is 0 Å². The van der Waals surface area contributed by atoms with Gasteiger partial charge >= 0.3 is 11.9 Å². The molecule has 0 bridgehead atoms. The summed E-state index contributed by atoms with van der Waals surface area (Å²) in [5, 5.41) is 0. The van der Waals surface area contributed by atoms with Gasteiger partial charge in [-0.3, -0.25) is 0 Å². The molecule has 19 heavy (non-hydrogen) atoms. The van der Waals surface area contributed by atoms with Crippen molar-refractivity contribution in [3.05, 3.63) is 79.2 Å². The average molecular weight is 254 g/mol. The van der Waals surface area contributed by atoms with Crippen LogP contribution >= 0.6 is 0 Å². The molecule has 0 aromatic heterocycles. The Hall–Kier alpha value is -2.86. The van der Waals surface area contributed by atoms with Gasteiger partial charge in [0.25, 0.3) is 0 Å². The molecule has 0 saturated carbocycles. The minimum absolute atomic E-state index is 0.809. The Labute approximate surface area is 112 Å². The molecule has 0 radical (unpaired) electrons. The quantitative estimate of drug-likeness (QED) is 0.360. The predicted octanol–water partition coefficient (Wildman–Crippen LogP) is 3.07. The molecule has 3 nitrogen and oxygen atoms in total. The highest BCUT2D eigenvalue weighted by molar-refractivity contribution is 5.96. The molecular weight excluding hydrogens is 240 g/mol. The van der Waals surface area contributed by atoms with Gasteiger partial charge in [0.15, 0.2) is 0 Å². The van der Waals surface area contributed by atoms with Crippen LogP contribution in [-0.4, -0.2) is 11.9 Å². The minimum atomic E-state index is -0.809. The first-order valence-electron chi connectivity index (χ1n) is 5.29. The summed E-state index contributed by atoms with van der Waals surface area (Å²) >= 11 is 0. The van der Waals surface area contributed by atoms with E-state index in [2.05, 4.69) is 35.9 Å². The van der Waals surface area contributed by atoms with Crippen LogP contribution in [0.2, 0.25) is 0 Å². The zero-order valence-electron chi connectivity index (χ0n) is 10.5. The van der Waals surface area contributed by atoms with Crippen molar-refractivity contribution < 1.29 is 14.3 Å². The normalized spacial score (nSPS) is 7.58.